The van der Waals surface area contributed by atoms with Crippen molar-refractivity contribution in [1.29, 1.82) is 0 Å². The molecule has 0 aliphatic rings. The predicted molar refractivity (Wildman–Crippen MR) is 88.6 cm³/mol. The molecule has 0 aliphatic heterocycles. The van der Waals surface area contributed by atoms with E-state index in [1.807, 2.05) is 18.2 Å². The van der Waals surface area contributed by atoms with E-state index < -0.39 is 0 Å². The highest BCUT2D eigenvalue weighted by atomic mass is 79.9. The Morgan fingerprint density at radius 1 is 1.15 bits per heavy atom. The molecule has 20 heavy (non-hydrogen) atoms. The number of aromatic amines is 1. The van der Waals surface area contributed by atoms with Crippen LogP contribution in [0.1, 0.15) is 44.7 Å². The molecule has 108 valence electrons. The van der Waals surface area contributed by atoms with Crippen molar-refractivity contribution in [3.05, 3.63) is 34.4 Å². The Kier molecular flexibility index (Phi) is 5.65. The molecule has 0 amide bonds. The third-order valence-corrected chi connectivity index (χ3v) is 4.23. The van der Waals surface area contributed by atoms with E-state index in [1.54, 1.807) is 0 Å². The van der Waals surface area contributed by atoms with E-state index in [9.17, 15) is 0 Å². The number of H-pyrrole nitrogens is 1. The summed E-state index contributed by atoms with van der Waals surface area (Å²) in [5, 5.41) is 7.28. The van der Waals surface area contributed by atoms with Crippen molar-refractivity contribution < 1.29 is 0 Å². The number of nitrogens with one attached hydrogen (secondary N) is 1. The number of nitrogens with zero attached hydrogens (tertiary/aromatic N) is 1. The van der Waals surface area contributed by atoms with Gasteiger partial charge in [0.05, 0.1) is 0 Å². The summed E-state index contributed by atoms with van der Waals surface area (Å²) >= 11 is 3.59. The fourth-order valence-electron chi connectivity index (χ4n) is 2.44. The molecule has 4 heteroatoms. The molecule has 0 aliphatic carbocycles. The minimum Gasteiger partial charge on any atom is -0.382 e. The Hall–Kier alpha value is -1.29. The topological polar surface area (TPSA) is 54.7 Å². The first kappa shape index (κ1) is 15.1. The summed E-state index contributed by atoms with van der Waals surface area (Å²) in [4.78, 5) is 0. The summed E-state index contributed by atoms with van der Waals surface area (Å²) < 4.78 is 1.06. The third kappa shape index (κ3) is 3.63. The van der Waals surface area contributed by atoms with Gasteiger partial charge in [-0.3, -0.25) is 5.10 Å². The standard InChI is InChI=1S/C16H22BrN3/c1-2-3-4-5-6-11-14-15(16(18)20-19-14)12-9-7-8-10-13(12)17/h7-10H,2-6,11H2,1H3,(H3,18,19,20). The first-order valence-electron chi connectivity index (χ1n) is 7.31. The van der Waals surface area contributed by atoms with Crippen LogP contribution in [0.15, 0.2) is 28.7 Å². The Morgan fingerprint density at radius 2 is 1.90 bits per heavy atom. The molecule has 0 radical (unpaired) electrons. The van der Waals surface area contributed by atoms with Crippen molar-refractivity contribution in [2.75, 3.05) is 5.73 Å². The van der Waals surface area contributed by atoms with Crippen molar-refractivity contribution in [2.24, 2.45) is 0 Å². The highest BCUT2D eigenvalue weighted by molar-refractivity contribution is 9.10. The van der Waals surface area contributed by atoms with Gasteiger partial charge in [0.1, 0.15) is 0 Å². The highest BCUT2D eigenvalue weighted by Gasteiger charge is 2.14. The lowest BCUT2D eigenvalue weighted by Crippen LogP contribution is -1.93. The van der Waals surface area contributed by atoms with Crippen molar-refractivity contribution >= 4 is 21.7 Å². The van der Waals surface area contributed by atoms with E-state index >= 15 is 0 Å². The SMILES string of the molecule is CCCCCCCc1[nH]nc(N)c1-c1ccccc1Br. The number of nitrogens with two attached hydrogens (primary N) is 1. The van der Waals surface area contributed by atoms with Crippen molar-refractivity contribution in [1.82, 2.24) is 10.2 Å². The zero-order chi connectivity index (χ0) is 14.4. The molecular weight excluding hydrogens is 314 g/mol. The van der Waals surface area contributed by atoms with Gasteiger partial charge in [0.25, 0.3) is 0 Å². The van der Waals surface area contributed by atoms with Crippen LogP contribution in [0.25, 0.3) is 11.1 Å². The summed E-state index contributed by atoms with van der Waals surface area (Å²) in [5.41, 5.74) is 9.34. The van der Waals surface area contributed by atoms with Gasteiger partial charge >= 0.3 is 0 Å². The molecule has 3 N–H and O–H groups in total. The monoisotopic (exact) mass is 335 g/mol. The average molecular weight is 336 g/mol. The quantitative estimate of drug-likeness (QED) is 0.704. The Morgan fingerprint density at radius 3 is 2.65 bits per heavy atom. The Bertz CT molecular complexity index is 548. The van der Waals surface area contributed by atoms with Crippen LogP contribution in [0.4, 0.5) is 5.82 Å². The Labute approximate surface area is 129 Å². The van der Waals surface area contributed by atoms with Gasteiger partial charge in [-0.15, -0.1) is 0 Å². The lowest BCUT2D eigenvalue weighted by atomic mass is 10.0. The molecule has 0 bridgehead atoms. The zero-order valence-corrected chi connectivity index (χ0v) is 13.5. The first-order chi connectivity index (χ1) is 9.74. The molecule has 0 saturated heterocycles. The molecule has 1 heterocycles. The average Bonchev–Trinajstić information content (AvgIpc) is 2.80. The maximum atomic E-state index is 6.03. The van der Waals surface area contributed by atoms with Gasteiger partial charge in [-0.2, -0.15) is 5.10 Å². The minimum atomic E-state index is 0.584. The van der Waals surface area contributed by atoms with Gasteiger partial charge in [0.15, 0.2) is 5.82 Å². The summed E-state index contributed by atoms with van der Waals surface area (Å²) in [6.45, 7) is 2.24. The number of aromatic nitrogens is 2. The van der Waals surface area contributed by atoms with E-state index in [2.05, 4.69) is 39.1 Å². The largest absolute Gasteiger partial charge is 0.382 e. The van der Waals surface area contributed by atoms with Crippen molar-refractivity contribution in [2.45, 2.75) is 45.4 Å². The fraction of sp³-hybridized carbons (Fsp3) is 0.438. The molecule has 0 unspecified atom stereocenters. The maximum absolute atomic E-state index is 6.03. The van der Waals surface area contributed by atoms with Crippen LogP contribution < -0.4 is 5.73 Å². The molecule has 3 nitrogen and oxygen atoms in total. The predicted octanol–water partition coefficient (Wildman–Crippen LogP) is 4.93. The molecule has 0 fully saturated rings. The van der Waals surface area contributed by atoms with E-state index in [0.29, 0.717) is 5.82 Å². The van der Waals surface area contributed by atoms with Gasteiger partial charge in [0, 0.05) is 21.3 Å². The van der Waals surface area contributed by atoms with Crippen LogP contribution in [0.3, 0.4) is 0 Å². The van der Waals surface area contributed by atoms with E-state index in [1.165, 1.54) is 32.1 Å². The second kappa shape index (κ2) is 7.48. The van der Waals surface area contributed by atoms with E-state index in [4.69, 9.17) is 5.73 Å². The number of aryl methyl sites for hydroxylation is 1. The fourth-order valence-corrected chi connectivity index (χ4v) is 2.93. The normalized spacial score (nSPS) is 10.9. The molecule has 2 rings (SSSR count). The van der Waals surface area contributed by atoms with Crippen LogP contribution in [-0.2, 0) is 6.42 Å². The number of halogens is 1. The number of benzene rings is 1. The smallest absolute Gasteiger partial charge is 0.153 e. The lowest BCUT2D eigenvalue weighted by molar-refractivity contribution is 0.628. The zero-order valence-electron chi connectivity index (χ0n) is 12.0. The summed E-state index contributed by atoms with van der Waals surface area (Å²) in [6, 6.07) is 8.14. The van der Waals surface area contributed by atoms with Crippen LogP contribution in [0.5, 0.6) is 0 Å². The van der Waals surface area contributed by atoms with Gasteiger partial charge in [-0.1, -0.05) is 66.7 Å². The number of rotatable bonds is 7. The molecule has 0 spiro atoms. The van der Waals surface area contributed by atoms with Crippen LogP contribution >= 0.6 is 15.9 Å². The number of hydrogen-bond acceptors (Lipinski definition) is 2. The summed E-state index contributed by atoms with van der Waals surface area (Å²) in [6.07, 6.45) is 7.36. The second-order valence-electron chi connectivity index (χ2n) is 5.11. The van der Waals surface area contributed by atoms with Crippen LogP contribution in [0.2, 0.25) is 0 Å². The minimum absolute atomic E-state index is 0.584. The number of anilines is 1. The van der Waals surface area contributed by atoms with Gasteiger partial charge < -0.3 is 5.73 Å². The molecule has 2 aromatic rings. The molecule has 1 aromatic heterocycles. The van der Waals surface area contributed by atoms with Crippen molar-refractivity contribution in [3.8, 4) is 11.1 Å². The van der Waals surface area contributed by atoms with Gasteiger partial charge in [-0.05, 0) is 18.9 Å². The second-order valence-corrected chi connectivity index (χ2v) is 5.96. The van der Waals surface area contributed by atoms with Gasteiger partial charge in [-0.25, -0.2) is 0 Å². The molecule has 0 saturated carbocycles. The van der Waals surface area contributed by atoms with E-state index in [0.717, 1.165) is 27.7 Å². The molecular formula is C16H22BrN3. The molecule has 1 aromatic carbocycles. The number of hydrogen-bond donors (Lipinski definition) is 2. The van der Waals surface area contributed by atoms with Gasteiger partial charge in [0.2, 0.25) is 0 Å². The van der Waals surface area contributed by atoms with Crippen molar-refractivity contribution in [3.63, 3.8) is 0 Å². The van der Waals surface area contributed by atoms with Crippen LogP contribution in [0, 0.1) is 0 Å². The summed E-state index contributed by atoms with van der Waals surface area (Å²) in [5.74, 6) is 0.584. The molecule has 0 atom stereocenters. The lowest BCUT2D eigenvalue weighted by Gasteiger charge is -2.06. The Balaban J connectivity index is 2.10. The highest BCUT2D eigenvalue weighted by Crippen LogP contribution is 2.34. The van der Waals surface area contributed by atoms with E-state index in [-0.39, 0.29) is 0 Å². The third-order valence-electron chi connectivity index (χ3n) is 3.54. The first-order valence-corrected chi connectivity index (χ1v) is 8.11. The maximum Gasteiger partial charge on any atom is 0.153 e. The summed E-state index contributed by atoms with van der Waals surface area (Å²) in [7, 11) is 0. The van der Waals surface area contributed by atoms with Crippen LogP contribution in [-0.4, -0.2) is 10.2 Å². The number of unbranched alkanes of at least 4 members (excludes halogenated alkanes) is 4. The number of nitrogen functional groups attached to an aromatic ring is 1.